The van der Waals surface area contributed by atoms with Crippen LogP contribution in [0, 0.1) is 5.82 Å². The highest BCUT2D eigenvalue weighted by Gasteiger charge is 2.22. The van der Waals surface area contributed by atoms with E-state index in [-0.39, 0.29) is 30.0 Å². The molecule has 0 spiro atoms. The van der Waals surface area contributed by atoms with E-state index in [2.05, 4.69) is 0 Å². The first-order chi connectivity index (χ1) is 7.65. The molecule has 1 atom stereocenters. The number of methoxy groups -OCH3 is 2. The zero-order chi connectivity index (χ0) is 12.1. The first-order valence-corrected chi connectivity index (χ1v) is 4.90. The molecule has 0 aliphatic heterocycles. The number of ether oxygens (including phenoxy) is 2. The van der Waals surface area contributed by atoms with Gasteiger partial charge in [-0.05, 0) is 25.1 Å². The zero-order valence-corrected chi connectivity index (χ0v) is 9.30. The van der Waals surface area contributed by atoms with E-state index < -0.39 is 12.0 Å². The minimum atomic E-state index is -1.40. The van der Waals surface area contributed by atoms with E-state index in [0.29, 0.717) is 0 Å². The summed E-state index contributed by atoms with van der Waals surface area (Å²) < 4.78 is 37.0. The number of benzene rings is 1. The first kappa shape index (κ1) is 12.7. The Morgan fingerprint density at radius 3 is 2.50 bits per heavy atom. The third-order valence-corrected chi connectivity index (χ3v) is 2.27. The largest absolute Gasteiger partial charge is 0.496 e. The second kappa shape index (κ2) is 5.65. The molecule has 0 saturated heterocycles. The van der Waals surface area contributed by atoms with Crippen LogP contribution in [0.1, 0.15) is 18.2 Å². The normalized spacial score (nSPS) is 12.3. The molecule has 90 valence electrons. The summed E-state index contributed by atoms with van der Waals surface area (Å²) in [7, 11) is 2.68. The van der Waals surface area contributed by atoms with Crippen molar-refractivity contribution in [2.45, 2.75) is 12.6 Å². The van der Waals surface area contributed by atoms with Crippen LogP contribution in [0.5, 0.6) is 11.5 Å². The lowest BCUT2D eigenvalue weighted by molar-refractivity contribution is 0.289. The minimum Gasteiger partial charge on any atom is -0.496 e. The van der Waals surface area contributed by atoms with E-state index >= 15 is 0 Å². The summed E-state index contributed by atoms with van der Waals surface area (Å²) in [5.74, 6) is -0.475. The van der Waals surface area contributed by atoms with Gasteiger partial charge in [0.2, 0.25) is 0 Å². The summed E-state index contributed by atoms with van der Waals surface area (Å²) in [6, 6.07) is 2.55. The maximum atomic E-state index is 13.8. The Labute approximate surface area is 93.2 Å². The average molecular weight is 231 g/mol. The molecular weight excluding hydrogens is 216 g/mol. The number of halogens is 2. The van der Waals surface area contributed by atoms with Crippen molar-refractivity contribution in [1.82, 2.24) is 0 Å². The summed E-state index contributed by atoms with van der Waals surface area (Å²) in [6.45, 7) is 0.171. The topological polar surface area (TPSA) is 44.5 Å². The van der Waals surface area contributed by atoms with Crippen LogP contribution in [0.4, 0.5) is 8.78 Å². The molecule has 1 rings (SSSR count). The predicted octanol–water partition coefficient (Wildman–Crippen LogP) is 2.20. The highest BCUT2D eigenvalue weighted by Crippen LogP contribution is 2.39. The van der Waals surface area contributed by atoms with E-state index in [1.807, 2.05) is 0 Å². The summed E-state index contributed by atoms with van der Waals surface area (Å²) in [5, 5.41) is 0. The Kier molecular flexibility index (Phi) is 4.49. The average Bonchev–Trinajstić information content (AvgIpc) is 2.28. The standard InChI is InChI=1S/C11H15F2NO2/c1-15-9-4-3-8(13)11(16-2)10(9)7(12)5-6-14/h3-4,7H,5-6,14H2,1-2H3. The van der Waals surface area contributed by atoms with Crippen molar-refractivity contribution in [1.29, 1.82) is 0 Å². The van der Waals surface area contributed by atoms with Crippen LogP contribution < -0.4 is 15.2 Å². The fourth-order valence-corrected chi connectivity index (χ4v) is 1.53. The summed E-state index contributed by atoms with van der Waals surface area (Å²) in [6.07, 6.45) is -1.30. The van der Waals surface area contributed by atoms with E-state index in [4.69, 9.17) is 15.2 Å². The van der Waals surface area contributed by atoms with Crippen LogP contribution in [0.3, 0.4) is 0 Å². The molecule has 0 bridgehead atoms. The van der Waals surface area contributed by atoms with Gasteiger partial charge in [-0.25, -0.2) is 8.78 Å². The summed E-state index contributed by atoms with van der Waals surface area (Å²) >= 11 is 0. The Morgan fingerprint density at radius 2 is 2.00 bits per heavy atom. The van der Waals surface area contributed by atoms with Gasteiger partial charge in [-0.3, -0.25) is 0 Å². The molecule has 0 aliphatic rings. The molecule has 16 heavy (non-hydrogen) atoms. The molecule has 0 aliphatic carbocycles. The molecule has 0 heterocycles. The Bertz CT molecular complexity index is 358. The highest BCUT2D eigenvalue weighted by atomic mass is 19.1. The van der Waals surface area contributed by atoms with Gasteiger partial charge < -0.3 is 15.2 Å². The molecule has 3 nitrogen and oxygen atoms in total. The number of hydrogen-bond acceptors (Lipinski definition) is 3. The van der Waals surface area contributed by atoms with Gasteiger partial charge in [0, 0.05) is 0 Å². The van der Waals surface area contributed by atoms with Crippen molar-refractivity contribution in [2.75, 3.05) is 20.8 Å². The maximum absolute atomic E-state index is 13.8. The van der Waals surface area contributed by atoms with Crippen LogP contribution in [-0.2, 0) is 0 Å². The molecular formula is C11H15F2NO2. The van der Waals surface area contributed by atoms with Gasteiger partial charge in [0.05, 0.1) is 19.8 Å². The van der Waals surface area contributed by atoms with E-state index in [1.165, 1.54) is 26.4 Å². The Balaban J connectivity index is 3.24. The van der Waals surface area contributed by atoms with E-state index in [0.717, 1.165) is 0 Å². The van der Waals surface area contributed by atoms with Crippen LogP contribution in [0.2, 0.25) is 0 Å². The van der Waals surface area contributed by atoms with Crippen molar-refractivity contribution in [3.63, 3.8) is 0 Å². The van der Waals surface area contributed by atoms with Gasteiger partial charge >= 0.3 is 0 Å². The third-order valence-electron chi connectivity index (χ3n) is 2.27. The van der Waals surface area contributed by atoms with Gasteiger partial charge in [0.25, 0.3) is 0 Å². The number of nitrogens with two attached hydrogens (primary N) is 1. The number of rotatable bonds is 5. The second-order valence-corrected chi connectivity index (χ2v) is 3.24. The predicted molar refractivity (Wildman–Crippen MR) is 57.0 cm³/mol. The molecule has 5 heteroatoms. The molecule has 1 unspecified atom stereocenters. The molecule has 1 aromatic rings. The van der Waals surface area contributed by atoms with Crippen molar-refractivity contribution < 1.29 is 18.3 Å². The molecule has 1 aromatic carbocycles. The number of alkyl halides is 1. The van der Waals surface area contributed by atoms with Crippen LogP contribution in [-0.4, -0.2) is 20.8 Å². The smallest absolute Gasteiger partial charge is 0.165 e. The lowest BCUT2D eigenvalue weighted by Crippen LogP contribution is -2.07. The Morgan fingerprint density at radius 1 is 1.31 bits per heavy atom. The zero-order valence-electron chi connectivity index (χ0n) is 9.30. The molecule has 0 radical (unpaired) electrons. The quantitative estimate of drug-likeness (QED) is 0.844. The van der Waals surface area contributed by atoms with Crippen LogP contribution in [0.15, 0.2) is 12.1 Å². The number of hydrogen-bond donors (Lipinski definition) is 1. The Hall–Kier alpha value is -1.36. The van der Waals surface area contributed by atoms with Gasteiger partial charge in [-0.1, -0.05) is 0 Å². The lowest BCUT2D eigenvalue weighted by Gasteiger charge is -2.16. The molecule has 0 saturated carbocycles. The lowest BCUT2D eigenvalue weighted by atomic mass is 10.0. The molecule has 0 amide bonds. The van der Waals surface area contributed by atoms with Crippen LogP contribution in [0.25, 0.3) is 0 Å². The SMILES string of the molecule is COc1ccc(F)c(OC)c1C(F)CCN. The molecule has 0 fully saturated rings. The van der Waals surface area contributed by atoms with Gasteiger partial charge in [-0.15, -0.1) is 0 Å². The van der Waals surface area contributed by atoms with Crippen molar-refractivity contribution in [2.24, 2.45) is 5.73 Å². The molecule has 0 aromatic heterocycles. The van der Waals surface area contributed by atoms with Crippen molar-refractivity contribution in [3.8, 4) is 11.5 Å². The summed E-state index contributed by atoms with van der Waals surface area (Å²) in [5.41, 5.74) is 5.35. The van der Waals surface area contributed by atoms with Gasteiger partial charge in [0.1, 0.15) is 11.9 Å². The van der Waals surface area contributed by atoms with Gasteiger partial charge in [0.15, 0.2) is 11.6 Å². The fraction of sp³-hybridized carbons (Fsp3) is 0.455. The van der Waals surface area contributed by atoms with Crippen LogP contribution >= 0.6 is 0 Å². The summed E-state index contributed by atoms with van der Waals surface area (Å²) in [4.78, 5) is 0. The minimum absolute atomic E-state index is 0.0791. The molecule has 2 N–H and O–H groups in total. The fourth-order valence-electron chi connectivity index (χ4n) is 1.53. The second-order valence-electron chi connectivity index (χ2n) is 3.24. The third kappa shape index (κ3) is 2.41. The van der Waals surface area contributed by atoms with E-state index in [9.17, 15) is 8.78 Å². The van der Waals surface area contributed by atoms with E-state index in [1.54, 1.807) is 0 Å². The highest BCUT2D eigenvalue weighted by molar-refractivity contribution is 5.47. The van der Waals surface area contributed by atoms with Crippen molar-refractivity contribution >= 4 is 0 Å². The van der Waals surface area contributed by atoms with Gasteiger partial charge in [-0.2, -0.15) is 0 Å². The first-order valence-electron chi connectivity index (χ1n) is 4.90. The van der Waals surface area contributed by atoms with Crippen molar-refractivity contribution in [3.05, 3.63) is 23.5 Å². The monoisotopic (exact) mass is 231 g/mol. The maximum Gasteiger partial charge on any atom is 0.165 e.